The van der Waals surface area contributed by atoms with Crippen molar-refractivity contribution in [3.8, 4) is 11.7 Å². The van der Waals surface area contributed by atoms with E-state index in [1.54, 1.807) is 30.3 Å². The Labute approximate surface area is 75.0 Å². The molecule has 0 saturated carbocycles. The molecule has 0 aliphatic rings. The van der Waals surface area contributed by atoms with Gasteiger partial charge in [-0.2, -0.15) is 4.98 Å². The van der Waals surface area contributed by atoms with E-state index >= 15 is 0 Å². The van der Waals surface area contributed by atoms with E-state index in [2.05, 4.69) is 15.3 Å². The van der Waals surface area contributed by atoms with Crippen molar-refractivity contribution in [2.45, 2.75) is 0 Å². The Morgan fingerprint density at radius 2 is 2.31 bits per heavy atom. The molecule has 0 aliphatic carbocycles. The molecule has 2 rings (SSSR count). The zero-order chi connectivity index (χ0) is 9.10. The number of pyridine rings is 1. The molecule has 0 spiro atoms. The largest absolute Gasteiger partial charge is 0.481 e. The first-order chi connectivity index (χ1) is 6.40. The Morgan fingerprint density at radius 1 is 1.38 bits per heavy atom. The molecule has 0 N–H and O–H groups in total. The summed E-state index contributed by atoms with van der Waals surface area (Å²) < 4.78 is 6.55. The highest BCUT2D eigenvalue weighted by atomic mass is 16.5. The number of methoxy groups -OCH3 is 1. The van der Waals surface area contributed by atoms with Crippen LogP contribution in [-0.2, 0) is 0 Å². The molecular formula is C8H8N4O. The van der Waals surface area contributed by atoms with Gasteiger partial charge in [0, 0.05) is 6.07 Å². The highest BCUT2D eigenvalue weighted by Crippen LogP contribution is 2.08. The minimum atomic E-state index is 0.563. The molecule has 2 heterocycles. The van der Waals surface area contributed by atoms with Gasteiger partial charge in [0.2, 0.25) is 5.88 Å². The van der Waals surface area contributed by atoms with Crippen LogP contribution in [0.4, 0.5) is 0 Å². The molecule has 0 atom stereocenters. The van der Waals surface area contributed by atoms with E-state index in [1.165, 1.54) is 0 Å². The van der Waals surface area contributed by atoms with Crippen molar-refractivity contribution < 1.29 is 4.74 Å². The molecule has 2 aromatic heterocycles. The lowest BCUT2D eigenvalue weighted by Gasteiger charge is -2.01. The Morgan fingerprint density at radius 3 is 3.00 bits per heavy atom. The normalized spacial score (nSPS) is 9.92. The van der Waals surface area contributed by atoms with Gasteiger partial charge < -0.3 is 4.74 Å². The molecule has 0 fully saturated rings. The molecule has 13 heavy (non-hydrogen) atoms. The molecular weight excluding hydrogens is 168 g/mol. The summed E-state index contributed by atoms with van der Waals surface area (Å²) in [5, 5.41) is 7.50. The van der Waals surface area contributed by atoms with Crippen molar-refractivity contribution in [2.75, 3.05) is 7.11 Å². The lowest BCUT2D eigenvalue weighted by molar-refractivity contribution is 0.397. The van der Waals surface area contributed by atoms with E-state index < -0.39 is 0 Å². The van der Waals surface area contributed by atoms with Crippen molar-refractivity contribution in [1.82, 2.24) is 20.0 Å². The van der Waals surface area contributed by atoms with Crippen molar-refractivity contribution in [2.24, 2.45) is 0 Å². The lowest BCUT2D eigenvalue weighted by atomic mass is 10.4. The van der Waals surface area contributed by atoms with Crippen LogP contribution in [0.25, 0.3) is 5.82 Å². The van der Waals surface area contributed by atoms with Gasteiger partial charge in [-0.25, -0.2) is 4.68 Å². The van der Waals surface area contributed by atoms with Crippen molar-refractivity contribution >= 4 is 0 Å². The fraction of sp³-hybridized carbons (Fsp3) is 0.125. The first-order valence-electron chi connectivity index (χ1n) is 3.78. The van der Waals surface area contributed by atoms with E-state index in [0.29, 0.717) is 11.7 Å². The topological polar surface area (TPSA) is 52.8 Å². The third kappa shape index (κ3) is 1.48. The highest BCUT2D eigenvalue weighted by Gasteiger charge is 1.99. The van der Waals surface area contributed by atoms with E-state index in [4.69, 9.17) is 4.74 Å². The quantitative estimate of drug-likeness (QED) is 0.674. The van der Waals surface area contributed by atoms with Gasteiger partial charge in [-0.1, -0.05) is 11.3 Å². The molecule has 5 heteroatoms. The molecule has 0 aliphatic heterocycles. The molecule has 0 bridgehead atoms. The van der Waals surface area contributed by atoms with E-state index in [9.17, 15) is 0 Å². The zero-order valence-electron chi connectivity index (χ0n) is 7.08. The summed E-state index contributed by atoms with van der Waals surface area (Å²) >= 11 is 0. The maximum atomic E-state index is 4.98. The van der Waals surface area contributed by atoms with Gasteiger partial charge in [-0.3, -0.25) is 0 Å². The third-order valence-electron chi connectivity index (χ3n) is 1.58. The number of aromatic nitrogens is 4. The molecule has 0 unspecified atom stereocenters. The van der Waals surface area contributed by atoms with Gasteiger partial charge in [0.05, 0.1) is 19.5 Å². The van der Waals surface area contributed by atoms with Gasteiger partial charge in [-0.15, -0.1) is 5.10 Å². The minimum absolute atomic E-state index is 0.563. The molecule has 0 aromatic carbocycles. The van der Waals surface area contributed by atoms with Crippen molar-refractivity contribution in [3.63, 3.8) is 0 Å². The maximum Gasteiger partial charge on any atom is 0.214 e. The second kappa shape index (κ2) is 3.22. The predicted molar refractivity (Wildman–Crippen MR) is 45.7 cm³/mol. The highest BCUT2D eigenvalue weighted by molar-refractivity contribution is 5.25. The van der Waals surface area contributed by atoms with Crippen LogP contribution < -0.4 is 4.74 Å². The molecule has 0 saturated heterocycles. The number of hydrogen-bond donors (Lipinski definition) is 0. The van der Waals surface area contributed by atoms with Crippen LogP contribution in [0.3, 0.4) is 0 Å². The van der Waals surface area contributed by atoms with Crippen LogP contribution in [0.5, 0.6) is 5.88 Å². The standard InChI is InChI=1S/C8H8N4O/c1-13-8-4-2-3-7(10-8)12-6-5-9-11-12/h2-6H,1H3. The summed E-state index contributed by atoms with van der Waals surface area (Å²) in [5.74, 6) is 1.25. The molecule has 0 radical (unpaired) electrons. The van der Waals surface area contributed by atoms with E-state index in [-0.39, 0.29) is 0 Å². The summed E-state index contributed by atoms with van der Waals surface area (Å²) in [6.07, 6.45) is 3.32. The van der Waals surface area contributed by atoms with Crippen LogP contribution in [-0.4, -0.2) is 27.1 Å². The zero-order valence-corrected chi connectivity index (χ0v) is 7.08. The van der Waals surface area contributed by atoms with Crippen LogP contribution in [0.15, 0.2) is 30.6 Å². The van der Waals surface area contributed by atoms with Gasteiger partial charge in [0.1, 0.15) is 0 Å². The average molecular weight is 176 g/mol. The SMILES string of the molecule is COc1cccc(-n2ccnn2)n1. The summed E-state index contributed by atoms with van der Waals surface area (Å²) in [7, 11) is 1.58. The first-order valence-corrected chi connectivity index (χ1v) is 3.78. The predicted octanol–water partition coefficient (Wildman–Crippen LogP) is 0.671. The number of nitrogens with zero attached hydrogens (tertiary/aromatic N) is 4. The number of ether oxygens (including phenoxy) is 1. The smallest absolute Gasteiger partial charge is 0.214 e. The monoisotopic (exact) mass is 176 g/mol. The summed E-state index contributed by atoms with van der Waals surface area (Å²) in [4.78, 5) is 4.17. The van der Waals surface area contributed by atoms with Crippen molar-refractivity contribution in [3.05, 3.63) is 30.6 Å². The van der Waals surface area contributed by atoms with Crippen LogP contribution in [0.1, 0.15) is 0 Å². The third-order valence-corrected chi connectivity index (χ3v) is 1.58. The second-order valence-corrected chi connectivity index (χ2v) is 2.39. The second-order valence-electron chi connectivity index (χ2n) is 2.39. The van der Waals surface area contributed by atoms with Gasteiger partial charge in [0.15, 0.2) is 5.82 Å². The fourth-order valence-electron chi connectivity index (χ4n) is 0.976. The van der Waals surface area contributed by atoms with Crippen LogP contribution in [0.2, 0.25) is 0 Å². The van der Waals surface area contributed by atoms with Gasteiger partial charge in [-0.05, 0) is 6.07 Å². The molecule has 0 amide bonds. The van der Waals surface area contributed by atoms with Crippen LogP contribution >= 0.6 is 0 Å². The van der Waals surface area contributed by atoms with Crippen LogP contribution in [0, 0.1) is 0 Å². The summed E-state index contributed by atoms with van der Waals surface area (Å²) in [6, 6.07) is 5.46. The minimum Gasteiger partial charge on any atom is -0.481 e. The summed E-state index contributed by atoms with van der Waals surface area (Å²) in [6.45, 7) is 0. The lowest BCUT2D eigenvalue weighted by Crippen LogP contribution is -1.99. The molecule has 5 nitrogen and oxygen atoms in total. The first kappa shape index (κ1) is 7.72. The van der Waals surface area contributed by atoms with Crippen molar-refractivity contribution in [1.29, 1.82) is 0 Å². The Kier molecular flexibility index (Phi) is 1.91. The Balaban J connectivity index is 2.41. The Hall–Kier alpha value is -1.91. The van der Waals surface area contributed by atoms with E-state index in [0.717, 1.165) is 0 Å². The van der Waals surface area contributed by atoms with E-state index in [1.807, 2.05) is 12.1 Å². The molecule has 66 valence electrons. The fourth-order valence-corrected chi connectivity index (χ4v) is 0.976. The maximum absolute atomic E-state index is 4.98. The average Bonchev–Trinajstić information content (AvgIpc) is 2.71. The summed E-state index contributed by atoms with van der Waals surface area (Å²) in [5.41, 5.74) is 0. The molecule has 2 aromatic rings. The Bertz CT molecular complexity index is 385. The van der Waals surface area contributed by atoms with Gasteiger partial charge >= 0.3 is 0 Å². The van der Waals surface area contributed by atoms with Gasteiger partial charge in [0.25, 0.3) is 0 Å². The number of rotatable bonds is 2. The number of hydrogen-bond acceptors (Lipinski definition) is 4.